The Hall–Kier alpha value is -0.530. The van der Waals surface area contributed by atoms with Crippen LogP contribution in [0.4, 0.5) is 0 Å². The van der Waals surface area contributed by atoms with E-state index in [2.05, 4.69) is 23.4 Å². The Morgan fingerprint density at radius 1 is 1.64 bits per heavy atom. The number of carbonyl (C=O) groups excluding carboxylic acids is 1. The largest absolute Gasteiger partial charge is 0.234 e. The first-order valence-corrected chi connectivity index (χ1v) is 4.77. The molecule has 11 heavy (non-hydrogen) atoms. The lowest BCUT2D eigenvalue weighted by atomic mass is 10.5. The fraction of sp³-hybridized carbons (Fsp3) is 0.625. The molecule has 0 rings (SSSR count). The molecule has 0 saturated heterocycles. The van der Waals surface area contributed by atoms with Crippen LogP contribution in [0.3, 0.4) is 0 Å². The molecule has 0 aromatic rings. The summed E-state index contributed by atoms with van der Waals surface area (Å²) < 4.78 is 0. The van der Waals surface area contributed by atoms with Crippen LogP contribution in [0, 0.1) is 0 Å². The third-order valence-corrected chi connectivity index (χ3v) is 1.93. The molecule has 3 heteroatoms. The van der Waals surface area contributed by atoms with Crippen molar-refractivity contribution in [3.8, 4) is 0 Å². The molecule has 0 unspecified atom stereocenters. The highest BCUT2D eigenvalue weighted by Crippen LogP contribution is 2.04. The minimum absolute atomic E-state index is 0.608. The maximum atomic E-state index is 9.63. The van der Waals surface area contributed by atoms with E-state index >= 15 is 0 Å². The first-order chi connectivity index (χ1) is 5.41. The first-order valence-electron chi connectivity index (χ1n) is 3.72. The van der Waals surface area contributed by atoms with Crippen molar-refractivity contribution in [3.63, 3.8) is 0 Å². The summed E-state index contributed by atoms with van der Waals surface area (Å²) in [6.45, 7) is 2.71. The van der Waals surface area contributed by atoms with Gasteiger partial charge in [0.2, 0.25) is 6.08 Å². The zero-order valence-corrected chi connectivity index (χ0v) is 7.56. The summed E-state index contributed by atoms with van der Waals surface area (Å²) in [5.41, 5.74) is 0. The number of allylic oxidation sites excluding steroid dienone is 1. The minimum Gasteiger partial charge on any atom is -0.211 e. The van der Waals surface area contributed by atoms with Crippen molar-refractivity contribution in [3.05, 3.63) is 11.5 Å². The monoisotopic (exact) mass is 171 g/mol. The third-order valence-electron chi connectivity index (χ3n) is 1.02. The van der Waals surface area contributed by atoms with Crippen LogP contribution in [-0.2, 0) is 4.79 Å². The van der Waals surface area contributed by atoms with Crippen LogP contribution in [0.15, 0.2) is 16.5 Å². The highest BCUT2D eigenvalue weighted by Gasteiger charge is 1.82. The van der Waals surface area contributed by atoms with Gasteiger partial charge in [0.15, 0.2) is 0 Å². The molecule has 0 aliphatic carbocycles. The molecule has 0 radical (unpaired) electrons. The van der Waals surface area contributed by atoms with Crippen LogP contribution in [0.2, 0.25) is 0 Å². The molecule has 0 saturated carbocycles. The molecule has 0 atom stereocenters. The Bertz CT molecular complexity index is 150. The molecule has 0 heterocycles. The summed E-state index contributed by atoms with van der Waals surface area (Å²) in [4.78, 5) is 13.1. The van der Waals surface area contributed by atoms with Gasteiger partial charge in [-0.05, 0) is 24.0 Å². The Kier molecular flexibility index (Phi) is 9.01. The van der Waals surface area contributed by atoms with Crippen molar-refractivity contribution in [1.82, 2.24) is 0 Å². The summed E-state index contributed by atoms with van der Waals surface area (Å²) in [6.07, 6.45) is 5.67. The van der Waals surface area contributed by atoms with Gasteiger partial charge in [-0.3, -0.25) is 0 Å². The predicted octanol–water partition coefficient (Wildman–Crippen LogP) is 2.37. The lowest BCUT2D eigenvalue weighted by Gasteiger charge is -1.90. The third kappa shape index (κ3) is 9.47. The van der Waals surface area contributed by atoms with Gasteiger partial charge in [-0.15, -0.1) is 11.8 Å². The van der Waals surface area contributed by atoms with Crippen LogP contribution in [0.1, 0.15) is 19.8 Å². The standard InChI is InChI=1S/C8H13NOS/c1-2-3-6-11-7-4-5-9-8-10/h3,6H,2,4-5,7H2,1H3. The van der Waals surface area contributed by atoms with Gasteiger partial charge in [0, 0.05) is 0 Å². The Labute approximate surface area is 71.8 Å². The number of isocyanates is 1. The minimum atomic E-state index is 0.608. The molecular weight excluding hydrogens is 158 g/mol. The van der Waals surface area contributed by atoms with Gasteiger partial charge in [-0.25, -0.2) is 9.79 Å². The fourth-order valence-corrected chi connectivity index (χ4v) is 1.27. The highest BCUT2D eigenvalue weighted by atomic mass is 32.2. The van der Waals surface area contributed by atoms with Crippen LogP contribution in [0.5, 0.6) is 0 Å². The van der Waals surface area contributed by atoms with Gasteiger partial charge >= 0.3 is 0 Å². The van der Waals surface area contributed by atoms with Gasteiger partial charge in [-0.1, -0.05) is 13.0 Å². The second kappa shape index (κ2) is 9.47. The molecule has 0 aromatic carbocycles. The molecule has 0 fully saturated rings. The summed E-state index contributed by atoms with van der Waals surface area (Å²) in [5.74, 6) is 1.03. The fourth-order valence-electron chi connectivity index (χ4n) is 0.505. The van der Waals surface area contributed by atoms with E-state index in [1.165, 1.54) is 6.08 Å². The molecule has 0 N–H and O–H groups in total. The number of thioether (sulfide) groups is 1. The Balaban J connectivity index is 3.02. The van der Waals surface area contributed by atoms with Crippen molar-refractivity contribution in [2.45, 2.75) is 19.8 Å². The average molecular weight is 171 g/mol. The van der Waals surface area contributed by atoms with E-state index in [4.69, 9.17) is 0 Å². The molecule has 62 valence electrons. The van der Waals surface area contributed by atoms with Crippen molar-refractivity contribution < 1.29 is 4.79 Å². The topological polar surface area (TPSA) is 29.4 Å². The molecule has 0 spiro atoms. The maximum absolute atomic E-state index is 9.63. The SMILES string of the molecule is CCC=CSCCCN=C=O. The van der Waals surface area contributed by atoms with E-state index in [-0.39, 0.29) is 0 Å². The number of hydrogen-bond donors (Lipinski definition) is 0. The molecule has 0 amide bonds. The van der Waals surface area contributed by atoms with E-state index in [1.807, 2.05) is 0 Å². The zero-order valence-electron chi connectivity index (χ0n) is 6.75. The number of rotatable bonds is 6. The van der Waals surface area contributed by atoms with E-state index in [1.54, 1.807) is 11.8 Å². The van der Waals surface area contributed by atoms with E-state index < -0.39 is 0 Å². The van der Waals surface area contributed by atoms with E-state index in [0.717, 1.165) is 18.6 Å². The summed E-state index contributed by atoms with van der Waals surface area (Å²) >= 11 is 1.76. The molecule has 2 nitrogen and oxygen atoms in total. The van der Waals surface area contributed by atoms with Crippen LogP contribution in [0.25, 0.3) is 0 Å². The molecular formula is C8H13NOS. The van der Waals surface area contributed by atoms with Crippen LogP contribution >= 0.6 is 11.8 Å². The number of aliphatic imine (C=N–C) groups is 1. The second-order valence-electron chi connectivity index (χ2n) is 1.98. The first kappa shape index (κ1) is 10.5. The van der Waals surface area contributed by atoms with Crippen molar-refractivity contribution >= 4 is 17.8 Å². The summed E-state index contributed by atoms with van der Waals surface area (Å²) in [6, 6.07) is 0. The lowest BCUT2D eigenvalue weighted by Crippen LogP contribution is -1.81. The van der Waals surface area contributed by atoms with Gasteiger partial charge in [0.25, 0.3) is 0 Å². The highest BCUT2D eigenvalue weighted by molar-refractivity contribution is 8.02. The zero-order chi connectivity index (χ0) is 8.36. The number of hydrogen-bond acceptors (Lipinski definition) is 3. The normalized spacial score (nSPS) is 9.91. The average Bonchev–Trinajstić information content (AvgIpc) is 2.03. The maximum Gasteiger partial charge on any atom is 0.234 e. The summed E-state index contributed by atoms with van der Waals surface area (Å²) in [5, 5.41) is 2.09. The van der Waals surface area contributed by atoms with Gasteiger partial charge in [-0.2, -0.15) is 0 Å². The Morgan fingerprint density at radius 2 is 2.45 bits per heavy atom. The van der Waals surface area contributed by atoms with Gasteiger partial charge in [0.05, 0.1) is 6.54 Å². The van der Waals surface area contributed by atoms with E-state index in [9.17, 15) is 4.79 Å². The van der Waals surface area contributed by atoms with E-state index in [0.29, 0.717) is 6.54 Å². The van der Waals surface area contributed by atoms with Crippen LogP contribution in [-0.4, -0.2) is 18.4 Å². The number of nitrogens with zero attached hydrogens (tertiary/aromatic N) is 1. The summed E-state index contributed by atoms with van der Waals surface area (Å²) in [7, 11) is 0. The lowest BCUT2D eigenvalue weighted by molar-refractivity contribution is 0.563. The van der Waals surface area contributed by atoms with Crippen LogP contribution < -0.4 is 0 Å². The predicted molar refractivity (Wildman–Crippen MR) is 49.5 cm³/mol. The van der Waals surface area contributed by atoms with Crippen molar-refractivity contribution in [1.29, 1.82) is 0 Å². The van der Waals surface area contributed by atoms with Crippen molar-refractivity contribution in [2.24, 2.45) is 4.99 Å². The Morgan fingerprint density at radius 3 is 3.09 bits per heavy atom. The molecule has 0 aromatic heterocycles. The van der Waals surface area contributed by atoms with Gasteiger partial charge in [0.1, 0.15) is 0 Å². The molecule has 0 aliphatic heterocycles. The van der Waals surface area contributed by atoms with Crippen molar-refractivity contribution in [2.75, 3.05) is 12.3 Å². The second-order valence-corrected chi connectivity index (χ2v) is 2.99. The quantitative estimate of drug-likeness (QED) is 0.349. The smallest absolute Gasteiger partial charge is 0.211 e. The van der Waals surface area contributed by atoms with Gasteiger partial charge < -0.3 is 0 Å². The molecule has 0 bridgehead atoms. The molecule has 0 aliphatic rings.